The van der Waals surface area contributed by atoms with E-state index < -0.39 is 0 Å². The number of allylic oxidation sites excluding steroid dienone is 4. The summed E-state index contributed by atoms with van der Waals surface area (Å²) < 4.78 is 0. The van der Waals surface area contributed by atoms with E-state index in [-0.39, 0.29) is 23.4 Å². The first-order chi connectivity index (χ1) is 10.1. The Hall–Kier alpha value is -1.78. The standard InChI is InChI=1S/C17H20O3S/c1-3-5-13(4-2)16(20)12-17(21-11-10-18)14-6-8-15(19)9-7-14/h3-9,17-19H,1-2,10-12H2/b13-5+. The van der Waals surface area contributed by atoms with E-state index in [0.717, 1.165) is 5.56 Å². The molecule has 1 atom stereocenters. The van der Waals surface area contributed by atoms with Gasteiger partial charge in [0.05, 0.1) is 6.61 Å². The van der Waals surface area contributed by atoms with Gasteiger partial charge in [-0.25, -0.2) is 0 Å². The van der Waals surface area contributed by atoms with E-state index in [4.69, 9.17) is 5.11 Å². The highest BCUT2D eigenvalue weighted by molar-refractivity contribution is 7.99. The first kappa shape index (κ1) is 17.3. The minimum absolute atomic E-state index is 0.0200. The number of hydrogen-bond donors (Lipinski definition) is 2. The summed E-state index contributed by atoms with van der Waals surface area (Å²) in [7, 11) is 0. The van der Waals surface area contributed by atoms with Gasteiger partial charge in [0, 0.05) is 23.0 Å². The van der Waals surface area contributed by atoms with Crippen LogP contribution >= 0.6 is 11.8 Å². The number of aromatic hydroxyl groups is 1. The number of benzene rings is 1. The smallest absolute Gasteiger partial charge is 0.164 e. The number of carbonyl (C=O) groups is 1. The van der Waals surface area contributed by atoms with Gasteiger partial charge in [-0.05, 0) is 17.7 Å². The maximum Gasteiger partial charge on any atom is 0.164 e. The molecular weight excluding hydrogens is 284 g/mol. The zero-order valence-electron chi connectivity index (χ0n) is 11.9. The summed E-state index contributed by atoms with van der Waals surface area (Å²) in [5.74, 6) is 0.718. The third kappa shape index (κ3) is 5.61. The Morgan fingerprint density at radius 2 is 1.95 bits per heavy atom. The van der Waals surface area contributed by atoms with Crippen LogP contribution < -0.4 is 0 Å². The van der Waals surface area contributed by atoms with Crippen molar-refractivity contribution < 1.29 is 15.0 Å². The molecule has 2 N–H and O–H groups in total. The van der Waals surface area contributed by atoms with Crippen LogP contribution in [0.3, 0.4) is 0 Å². The number of rotatable bonds is 9. The van der Waals surface area contributed by atoms with Crippen LogP contribution in [0.4, 0.5) is 0 Å². The van der Waals surface area contributed by atoms with E-state index in [0.29, 0.717) is 17.7 Å². The van der Waals surface area contributed by atoms with Gasteiger partial charge in [-0.3, -0.25) is 4.79 Å². The molecule has 3 nitrogen and oxygen atoms in total. The molecule has 4 heteroatoms. The molecule has 0 aliphatic carbocycles. The normalized spacial score (nSPS) is 12.7. The van der Waals surface area contributed by atoms with Crippen LogP contribution in [0, 0.1) is 0 Å². The highest BCUT2D eigenvalue weighted by Crippen LogP contribution is 2.33. The number of ketones is 1. The number of aliphatic hydroxyl groups excluding tert-OH is 1. The van der Waals surface area contributed by atoms with Gasteiger partial charge >= 0.3 is 0 Å². The molecule has 1 aromatic rings. The van der Waals surface area contributed by atoms with Crippen LogP contribution in [-0.2, 0) is 4.79 Å². The van der Waals surface area contributed by atoms with Crippen molar-refractivity contribution in [2.75, 3.05) is 12.4 Å². The number of phenols is 1. The maximum absolute atomic E-state index is 12.3. The van der Waals surface area contributed by atoms with E-state index in [1.54, 1.807) is 36.4 Å². The number of phenolic OH excluding ortho intramolecular Hbond substituents is 1. The van der Waals surface area contributed by atoms with Gasteiger partial charge in [-0.1, -0.05) is 43.5 Å². The topological polar surface area (TPSA) is 57.5 Å². The molecule has 1 unspecified atom stereocenters. The lowest BCUT2D eigenvalue weighted by atomic mass is 10.0. The fraction of sp³-hybridized carbons (Fsp3) is 0.235. The monoisotopic (exact) mass is 304 g/mol. The first-order valence-electron chi connectivity index (χ1n) is 6.62. The van der Waals surface area contributed by atoms with Crippen molar-refractivity contribution >= 4 is 17.5 Å². The summed E-state index contributed by atoms with van der Waals surface area (Å²) in [6, 6.07) is 6.78. The third-order valence-electron chi connectivity index (χ3n) is 2.89. The number of aliphatic hydroxyl groups is 1. The molecule has 0 heterocycles. The van der Waals surface area contributed by atoms with E-state index in [9.17, 15) is 9.90 Å². The van der Waals surface area contributed by atoms with Gasteiger partial charge < -0.3 is 10.2 Å². The summed E-state index contributed by atoms with van der Waals surface area (Å²) in [4.78, 5) is 12.3. The van der Waals surface area contributed by atoms with E-state index in [2.05, 4.69) is 13.2 Å². The number of Topliss-reactive ketones (excluding diaryl/α,β-unsaturated/α-hetero) is 1. The highest BCUT2D eigenvalue weighted by Gasteiger charge is 2.18. The van der Waals surface area contributed by atoms with Gasteiger partial charge in [-0.2, -0.15) is 11.8 Å². The molecule has 0 aliphatic heterocycles. The Kier molecular flexibility index (Phi) is 7.58. The summed E-state index contributed by atoms with van der Waals surface area (Å²) in [5, 5.41) is 18.3. The van der Waals surface area contributed by atoms with Crippen molar-refractivity contribution in [3.63, 3.8) is 0 Å². The molecule has 0 spiro atoms. The number of hydrogen-bond acceptors (Lipinski definition) is 4. The zero-order valence-corrected chi connectivity index (χ0v) is 12.7. The second-order valence-corrected chi connectivity index (χ2v) is 5.67. The lowest BCUT2D eigenvalue weighted by molar-refractivity contribution is -0.115. The Labute approximate surface area is 129 Å². The minimum atomic E-state index is -0.0709. The lowest BCUT2D eigenvalue weighted by Crippen LogP contribution is -2.07. The predicted octanol–water partition coefficient (Wildman–Crippen LogP) is 3.42. The second-order valence-electron chi connectivity index (χ2n) is 4.36. The lowest BCUT2D eigenvalue weighted by Gasteiger charge is -2.16. The van der Waals surface area contributed by atoms with Crippen molar-refractivity contribution in [2.24, 2.45) is 0 Å². The van der Waals surface area contributed by atoms with Crippen LogP contribution in [0.5, 0.6) is 5.75 Å². The maximum atomic E-state index is 12.3. The quantitative estimate of drug-likeness (QED) is 0.542. The van der Waals surface area contributed by atoms with Crippen molar-refractivity contribution in [1.82, 2.24) is 0 Å². The Balaban J connectivity index is 2.90. The van der Waals surface area contributed by atoms with Crippen molar-refractivity contribution in [1.29, 1.82) is 0 Å². The largest absolute Gasteiger partial charge is 0.508 e. The zero-order chi connectivity index (χ0) is 15.7. The molecule has 0 bridgehead atoms. The fourth-order valence-electron chi connectivity index (χ4n) is 1.84. The Morgan fingerprint density at radius 3 is 2.48 bits per heavy atom. The summed E-state index contributed by atoms with van der Waals surface area (Å²) in [6.07, 6.45) is 5.03. The molecule has 0 aliphatic rings. The molecular formula is C17H20O3S. The average molecular weight is 304 g/mol. The van der Waals surface area contributed by atoms with Gasteiger partial charge in [0.25, 0.3) is 0 Å². The third-order valence-corrected chi connectivity index (χ3v) is 4.14. The SMILES string of the molecule is C=C/C=C(\C=C)C(=O)CC(SCCO)c1ccc(O)cc1. The molecule has 1 aromatic carbocycles. The second kappa shape index (κ2) is 9.21. The minimum Gasteiger partial charge on any atom is -0.508 e. The molecule has 0 amide bonds. The summed E-state index contributed by atoms with van der Waals surface area (Å²) >= 11 is 1.51. The highest BCUT2D eigenvalue weighted by atomic mass is 32.2. The Bertz CT molecular complexity index is 517. The summed E-state index contributed by atoms with van der Waals surface area (Å²) in [5.41, 5.74) is 1.47. The van der Waals surface area contributed by atoms with Crippen molar-refractivity contribution in [3.05, 3.63) is 66.8 Å². The van der Waals surface area contributed by atoms with Crippen LogP contribution in [0.25, 0.3) is 0 Å². The van der Waals surface area contributed by atoms with E-state index in [1.165, 1.54) is 17.8 Å². The van der Waals surface area contributed by atoms with Gasteiger partial charge in [0.2, 0.25) is 0 Å². The van der Waals surface area contributed by atoms with Crippen LogP contribution in [0.1, 0.15) is 17.2 Å². The van der Waals surface area contributed by atoms with Gasteiger partial charge in [-0.15, -0.1) is 0 Å². The van der Waals surface area contributed by atoms with E-state index in [1.807, 2.05) is 0 Å². The fourth-order valence-corrected chi connectivity index (χ4v) is 2.85. The predicted molar refractivity (Wildman–Crippen MR) is 88.5 cm³/mol. The molecule has 0 saturated heterocycles. The molecule has 0 fully saturated rings. The number of thioether (sulfide) groups is 1. The van der Waals surface area contributed by atoms with Crippen LogP contribution in [-0.4, -0.2) is 28.4 Å². The van der Waals surface area contributed by atoms with Crippen LogP contribution in [0.2, 0.25) is 0 Å². The molecule has 0 saturated carbocycles. The van der Waals surface area contributed by atoms with Gasteiger partial charge in [0.15, 0.2) is 5.78 Å². The van der Waals surface area contributed by atoms with Gasteiger partial charge in [0.1, 0.15) is 5.75 Å². The van der Waals surface area contributed by atoms with Crippen molar-refractivity contribution in [3.8, 4) is 5.75 Å². The first-order valence-corrected chi connectivity index (χ1v) is 7.67. The van der Waals surface area contributed by atoms with Crippen LogP contribution in [0.15, 0.2) is 61.2 Å². The molecule has 0 radical (unpaired) electrons. The average Bonchev–Trinajstić information content (AvgIpc) is 2.49. The molecule has 21 heavy (non-hydrogen) atoms. The van der Waals surface area contributed by atoms with E-state index >= 15 is 0 Å². The molecule has 0 aromatic heterocycles. The summed E-state index contributed by atoms with van der Waals surface area (Å²) in [6.45, 7) is 7.28. The molecule has 112 valence electrons. The number of carbonyl (C=O) groups excluding carboxylic acids is 1. The van der Waals surface area contributed by atoms with Crippen molar-refractivity contribution in [2.45, 2.75) is 11.7 Å². The molecule has 1 rings (SSSR count). The Morgan fingerprint density at radius 1 is 1.29 bits per heavy atom.